The lowest BCUT2D eigenvalue weighted by atomic mass is 10.1. The highest BCUT2D eigenvalue weighted by atomic mass is 35.5. The number of oxazole rings is 1. The average molecular weight is 435 g/mol. The van der Waals surface area contributed by atoms with Crippen LogP contribution >= 0.6 is 11.6 Å². The van der Waals surface area contributed by atoms with Gasteiger partial charge in [-0.3, -0.25) is 9.48 Å². The topological polar surface area (TPSA) is 64.2 Å². The van der Waals surface area contributed by atoms with E-state index in [9.17, 15) is 13.6 Å². The molecule has 2 aromatic heterocycles. The first-order valence-electron chi connectivity index (χ1n) is 9.71. The Kier molecular flexibility index (Phi) is 5.85. The molecule has 1 aliphatic heterocycles. The smallest absolute Gasteiger partial charge is 0.280 e. The predicted octanol–water partition coefficient (Wildman–Crippen LogP) is 4.73. The summed E-state index contributed by atoms with van der Waals surface area (Å²) in [6, 6.07) is 8.47. The van der Waals surface area contributed by atoms with Gasteiger partial charge in [0.15, 0.2) is 0 Å². The van der Waals surface area contributed by atoms with E-state index in [1.807, 2.05) is 24.3 Å². The van der Waals surface area contributed by atoms with Gasteiger partial charge in [-0.15, -0.1) is 0 Å². The summed E-state index contributed by atoms with van der Waals surface area (Å²) in [5, 5.41) is 4.71. The lowest BCUT2D eigenvalue weighted by molar-refractivity contribution is -0.133. The van der Waals surface area contributed by atoms with Crippen molar-refractivity contribution in [2.75, 3.05) is 6.54 Å². The van der Waals surface area contributed by atoms with Crippen LogP contribution in [0, 0.1) is 6.92 Å². The first kappa shape index (κ1) is 20.5. The van der Waals surface area contributed by atoms with Gasteiger partial charge >= 0.3 is 0 Å². The van der Waals surface area contributed by atoms with Crippen LogP contribution in [0.3, 0.4) is 0 Å². The second kappa shape index (κ2) is 8.55. The number of carbonyl (C=O) groups is 1. The monoisotopic (exact) mass is 434 g/mol. The van der Waals surface area contributed by atoms with E-state index in [0.29, 0.717) is 41.8 Å². The summed E-state index contributed by atoms with van der Waals surface area (Å²) in [5.41, 5.74) is 1.24. The Bertz CT molecular complexity index is 1030. The van der Waals surface area contributed by atoms with Crippen LogP contribution < -0.4 is 0 Å². The van der Waals surface area contributed by atoms with Crippen molar-refractivity contribution >= 4 is 17.5 Å². The van der Waals surface area contributed by atoms with Gasteiger partial charge in [0.25, 0.3) is 6.43 Å². The number of likely N-dealkylation sites (tertiary alicyclic amines) is 1. The van der Waals surface area contributed by atoms with Gasteiger partial charge < -0.3 is 9.32 Å². The molecule has 0 radical (unpaired) electrons. The number of aromatic nitrogens is 3. The predicted molar refractivity (Wildman–Crippen MR) is 106 cm³/mol. The normalized spacial score (nSPS) is 16.6. The molecule has 1 aromatic carbocycles. The third-order valence-corrected chi connectivity index (χ3v) is 5.42. The van der Waals surface area contributed by atoms with Gasteiger partial charge in [-0.1, -0.05) is 23.7 Å². The van der Waals surface area contributed by atoms with E-state index in [1.54, 1.807) is 18.0 Å². The molecule has 4 rings (SSSR count). The second-order valence-electron chi connectivity index (χ2n) is 7.38. The van der Waals surface area contributed by atoms with E-state index in [4.69, 9.17) is 16.0 Å². The molecule has 0 unspecified atom stereocenters. The molecule has 3 heterocycles. The Labute approximate surface area is 177 Å². The maximum atomic E-state index is 13.2. The molecule has 1 saturated heterocycles. The number of halogens is 3. The van der Waals surface area contributed by atoms with Crippen LogP contribution in [0.4, 0.5) is 8.78 Å². The average Bonchev–Trinajstić information content (AvgIpc) is 3.43. The fraction of sp³-hybridized carbons (Fsp3) is 0.381. The van der Waals surface area contributed by atoms with Gasteiger partial charge in [-0.2, -0.15) is 5.10 Å². The fourth-order valence-corrected chi connectivity index (χ4v) is 3.90. The zero-order chi connectivity index (χ0) is 21.3. The third kappa shape index (κ3) is 4.38. The molecule has 0 bridgehead atoms. The van der Waals surface area contributed by atoms with E-state index in [0.717, 1.165) is 16.7 Å². The molecule has 1 fully saturated rings. The summed E-state index contributed by atoms with van der Waals surface area (Å²) in [7, 11) is 0. The second-order valence-corrected chi connectivity index (χ2v) is 7.82. The minimum atomic E-state index is -2.68. The quantitative estimate of drug-likeness (QED) is 0.563. The molecule has 1 amide bonds. The number of aryl methyl sites for hydroxylation is 1. The number of nitrogens with zero attached hydrogens (tertiary/aromatic N) is 4. The molecule has 1 aliphatic rings. The van der Waals surface area contributed by atoms with Crippen LogP contribution in [0.5, 0.6) is 0 Å². The van der Waals surface area contributed by atoms with Crippen molar-refractivity contribution in [3.05, 3.63) is 70.2 Å². The third-order valence-electron chi connectivity index (χ3n) is 5.16. The van der Waals surface area contributed by atoms with Crippen LogP contribution in [0.15, 0.2) is 40.9 Å². The van der Waals surface area contributed by atoms with E-state index in [2.05, 4.69) is 10.1 Å². The van der Waals surface area contributed by atoms with Crippen molar-refractivity contribution in [3.8, 4) is 0 Å². The highest BCUT2D eigenvalue weighted by Gasteiger charge is 2.34. The zero-order valence-corrected chi connectivity index (χ0v) is 17.1. The highest BCUT2D eigenvalue weighted by molar-refractivity contribution is 6.30. The Balaban J connectivity index is 1.46. The first-order valence-corrected chi connectivity index (χ1v) is 10.1. The molecular weight excluding hydrogens is 414 g/mol. The lowest BCUT2D eigenvalue weighted by Gasteiger charge is -2.22. The molecule has 0 aliphatic carbocycles. The maximum Gasteiger partial charge on any atom is 0.280 e. The SMILES string of the molecule is Cc1cc(C(F)F)n(CC(=O)N2CCC[C@H]2c2ncc(Cc3ccc(Cl)cc3)o2)n1. The summed E-state index contributed by atoms with van der Waals surface area (Å²) in [4.78, 5) is 18.9. The van der Waals surface area contributed by atoms with Crippen LogP contribution in [-0.2, 0) is 17.8 Å². The number of hydrogen-bond acceptors (Lipinski definition) is 4. The van der Waals surface area contributed by atoms with Gasteiger partial charge in [-0.05, 0) is 43.5 Å². The van der Waals surface area contributed by atoms with Gasteiger partial charge in [0.2, 0.25) is 11.8 Å². The minimum absolute atomic E-state index is 0.234. The van der Waals surface area contributed by atoms with Gasteiger partial charge in [0, 0.05) is 18.0 Å². The van der Waals surface area contributed by atoms with E-state index >= 15 is 0 Å². The highest BCUT2D eigenvalue weighted by Crippen LogP contribution is 2.32. The Hall–Kier alpha value is -2.74. The summed E-state index contributed by atoms with van der Waals surface area (Å²) < 4.78 is 33.4. The van der Waals surface area contributed by atoms with E-state index in [-0.39, 0.29) is 24.2 Å². The number of benzene rings is 1. The largest absolute Gasteiger partial charge is 0.443 e. The van der Waals surface area contributed by atoms with Crippen molar-refractivity contribution < 1.29 is 18.0 Å². The van der Waals surface area contributed by atoms with E-state index < -0.39 is 6.43 Å². The van der Waals surface area contributed by atoms with E-state index in [1.165, 1.54) is 6.07 Å². The molecule has 9 heteroatoms. The Morgan fingerprint density at radius 1 is 1.33 bits per heavy atom. The van der Waals surface area contributed by atoms with Crippen molar-refractivity contribution in [2.24, 2.45) is 0 Å². The summed E-state index contributed by atoms with van der Waals surface area (Å²) in [6.45, 7) is 1.92. The number of hydrogen-bond donors (Lipinski definition) is 0. The van der Waals surface area contributed by atoms with Crippen molar-refractivity contribution in [3.63, 3.8) is 0 Å². The molecule has 158 valence electrons. The number of carbonyl (C=O) groups excluding carboxylic acids is 1. The van der Waals surface area contributed by atoms with Crippen LogP contribution in [0.1, 0.15) is 53.9 Å². The summed E-state index contributed by atoms with van der Waals surface area (Å²) in [6.07, 6.45) is 1.05. The molecule has 30 heavy (non-hydrogen) atoms. The Morgan fingerprint density at radius 2 is 2.10 bits per heavy atom. The summed E-state index contributed by atoms with van der Waals surface area (Å²) >= 11 is 5.92. The Morgan fingerprint density at radius 3 is 2.83 bits per heavy atom. The van der Waals surface area contributed by atoms with Gasteiger partial charge in [-0.25, -0.2) is 13.8 Å². The van der Waals surface area contributed by atoms with Gasteiger partial charge in [0.05, 0.1) is 11.9 Å². The van der Waals surface area contributed by atoms with Crippen LogP contribution in [0.2, 0.25) is 5.02 Å². The number of rotatable bonds is 6. The standard InChI is InChI=1S/C21H21ClF2N4O2/c1-13-9-18(20(23)24)28(26-13)12-19(29)27-8-2-3-17(27)21-25-11-16(30-21)10-14-4-6-15(22)7-5-14/h4-7,9,11,17,20H,2-3,8,10,12H2,1H3/t17-/m0/s1. The molecule has 3 aromatic rings. The molecule has 0 spiro atoms. The van der Waals surface area contributed by atoms with Gasteiger partial charge in [0.1, 0.15) is 24.0 Å². The molecule has 0 saturated carbocycles. The van der Waals surface area contributed by atoms with Crippen LogP contribution in [-0.4, -0.2) is 32.1 Å². The summed E-state index contributed by atoms with van der Waals surface area (Å²) in [5.74, 6) is 0.879. The minimum Gasteiger partial charge on any atom is -0.443 e. The fourth-order valence-electron chi connectivity index (χ4n) is 3.77. The molecule has 1 atom stereocenters. The molecule has 0 N–H and O–H groups in total. The zero-order valence-electron chi connectivity index (χ0n) is 16.4. The maximum absolute atomic E-state index is 13.2. The van der Waals surface area contributed by atoms with Crippen molar-refractivity contribution in [1.82, 2.24) is 19.7 Å². The van der Waals surface area contributed by atoms with Crippen LogP contribution in [0.25, 0.3) is 0 Å². The number of amides is 1. The molecule has 6 nitrogen and oxygen atoms in total. The first-order chi connectivity index (χ1) is 14.4. The molecular formula is C21H21ClF2N4O2. The lowest BCUT2D eigenvalue weighted by Crippen LogP contribution is -2.34. The van der Waals surface area contributed by atoms with Crippen molar-refractivity contribution in [2.45, 2.75) is 45.2 Å². The number of alkyl halides is 2. The van der Waals surface area contributed by atoms with Crippen molar-refractivity contribution in [1.29, 1.82) is 0 Å².